The molecular weight excluding hydrogens is 184 g/mol. The van der Waals surface area contributed by atoms with Crippen LogP contribution >= 0.6 is 15.9 Å². The molecule has 0 aromatic carbocycles. The number of rotatable bonds is 0. The van der Waals surface area contributed by atoms with E-state index in [2.05, 4.69) is 26.8 Å². The fraction of sp³-hybridized carbons (Fsp3) is 0.200. The smallest absolute Gasteiger partial charge is 0.108 e. The molecule has 0 unspecified atom stereocenters. The molecule has 0 aromatic rings. The van der Waals surface area contributed by atoms with Gasteiger partial charge in [0.05, 0.1) is 11.2 Å². The minimum absolute atomic E-state index is 0.317. The highest BCUT2D eigenvalue weighted by molar-refractivity contribution is 9.11. The van der Waals surface area contributed by atoms with Gasteiger partial charge in [0, 0.05) is 0 Å². The van der Waals surface area contributed by atoms with E-state index in [-0.39, 0.29) is 0 Å². The molecule has 1 rings (SSSR count). The monoisotopic (exact) mass is 190 g/mol. The molecule has 9 heavy (non-hydrogen) atoms. The Hall–Kier alpha value is -0.480. The van der Waals surface area contributed by atoms with Crippen LogP contribution in [0.4, 0.5) is 0 Å². The second-order valence-electron chi connectivity index (χ2n) is 1.65. The van der Waals surface area contributed by atoms with E-state index in [1.165, 1.54) is 0 Å². The Labute approximate surface area is 61.5 Å². The molecule has 50 valence electrons. The standard InChI is InChI=1S/C5H7BrN2O/c6-5-2-1-4(9)3-7-8-5/h1-2,7-9H,3H2. The van der Waals surface area contributed by atoms with Crippen molar-refractivity contribution < 1.29 is 5.11 Å². The van der Waals surface area contributed by atoms with Crippen molar-refractivity contribution in [2.45, 2.75) is 0 Å². The summed E-state index contributed by atoms with van der Waals surface area (Å²) in [5.41, 5.74) is 5.55. The summed E-state index contributed by atoms with van der Waals surface area (Å²) in [6.07, 6.45) is 3.35. The van der Waals surface area contributed by atoms with Crippen molar-refractivity contribution >= 4 is 15.9 Å². The van der Waals surface area contributed by atoms with Crippen LogP contribution in [0.15, 0.2) is 22.5 Å². The van der Waals surface area contributed by atoms with Gasteiger partial charge in [0.25, 0.3) is 0 Å². The predicted octanol–water partition coefficient (Wildman–Crippen LogP) is 0.772. The van der Waals surface area contributed by atoms with Gasteiger partial charge in [-0.3, -0.25) is 0 Å². The average Bonchev–Trinajstić information content (AvgIpc) is 1.97. The fourth-order valence-corrected chi connectivity index (χ4v) is 0.761. The molecule has 4 heteroatoms. The van der Waals surface area contributed by atoms with Gasteiger partial charge in [0.1, 0.15) is 5.76 Å². The van der Waals surface area contributed by atoms with E-state index in [9.17, 15) is 0 Å². The summed E-state index contributed by atoms with van der Waals surface area (Å²) in [5.74, 6) is 0.317. The molecule has 0 saturated carbocycles. The topological polar surface area (TPSA) is 44.3 Å². The Morgan fingerprint density at radius 1 is 1.56 bits per heavy atom. The SMILES string of the molecule is OC1=CC=C(Br)NNC1. The van der Waals surface area contributed by atoms with Gasteiger partial charge in [0.15, 0.2) is 0 Å². The molecule has 0 amide bonds. The second kappa shape index (κ2) is 2.89. The Morgan fingerprint density at radius 3 is 3.11 bits per heavy atom. The van der Waals surface area contributed by atoms with Crippen LogP contribution in [0.2, 0.25) is 0 Å². The van der Waals surface area contributed by atoms with Crippen molar-refractivity contribution in [1.29, 1.82) is 0 Å². The van der Waals surface area contributed by atoms with Crippen molar-refractivity contribution in [3.8, 4) is 0 Å². The zero-order valence-electron chi connectivity index (χ0n) is 4.69. The molecule has 0 spiro atoms. The number of hydrazine groups is 1. The maximum absolute atomic E-state index is 8.90. The van der Waals surface area contributed by atoms with Crippen LogP contribution in [-0.2, 0) is 0 Å². The van der Waals surface area contributed by atoms with Crippen molar-refractivity contribution in [2.24, 2.45) is 0 Å². The third kappa shape index (κ3) is 2.07. The quantitative estimate of drug-likeness (QED) is 0.495. The summed E-state index contributed by atoms with van der Waals surface area (Å²) in [4.78, 5) is 0. The van der Waals surface area contributed by atoms with Gasteiger partial charge in [-0.2, -0.15) is 0 Å². The zero-order chi connectivity index (χ0) is 6.69. The van der Waals surface area contributed by atoms with Crippen LogP contribution in [0.1, 0.15) is 0 Å². The van der Waals surface area contributed by atoms with Gasteiger partial charge in [0.2, 0.25) is 0 Å². The first kappa shape index (κ1) is 6.64. The van der Waals surface area contributed by atoms with Crippen molar-refractivity contribution in [1.82, 2.24) is 10.9 Å². The molecule has 0 saturated heterocycles. The maximum atomic E-state index is 8.90. The second-order valence-corrected chi connectivity index (χ2v) is 2.51. The molecule has 0 aliphatic carbocycles. The first-order valence-corrected chi connectivity index (χ1v) is 3.32. The highest BCUT2D eigenvalue weighted by Gasteiger charge is 1.96. The number of hydrogen-bond donors (Lipinski definition) is 3. The van der Waals surface area contributed by atoms with Gasteiger partial charge >= 0.3 is 0 Å². The summed E-state index contributed by atoms with van der Waals surface area (Å²) in [6, 6.07) is 0. The number of hydrogen-bond acceptors (Lipinski definition) is 3. The molecule has 1 aliphatic rings. The van der Waals surface area contributed by atoms with Crippen LogP contribution in [0.25, 0.3) is 0 Å². The molecule has 1 heterocycles. The highest BCUT2D eigenvalue weighted by atomic mass is 79.9. The van der Waals surface area contributed by atoms with Crippen LogP contribution in [-0.4, -0.2) is 11.7 Å². The summed E-state index contributed by atoms with van der Waals surface area (Å²) < 4.78 is 0.812. The lowest BCUT2D eigenvalue weighted by atomic mass is 10.4. The van der Waals surface area contributed by atoms with Crippen molar-refractivity contribution in [3.63, 3.8) is 0 Å². The first-order chi connectivity index (χ1) is 4.29. The zero-order valence-corrected chi connectivity index (χ0v) is 6.27. The van der Waals surface area contributed by atoms with Crippen LogP contribution < -0.4 is 10.9 Å². The molecule has 0 radical (unpaired) electrons. The van der Waals surface area contributed by atoms with Crippen LogP contribution in [0, 0.1) is 0 Å². The first-order valence-electron chi connectivity index (χ1n) is 2.53. The molecule has 0 bridgehead atoms. The molecular formula is C5H7BrN2O. The third-order valence-corrected chi connectivity index (χ3v) is 1.36. The van der Waals surface area contributed by atoms with Gasteiger partial charge in [-0.25, -0.2) is 5.43 Å². The Kier molecular flexibility index (Phi) is 2.13. The Balaban J connectivity index is 2.63. The van der Waals surface area contributed by atoms with Gasteiger partial charge in [-0.15, -0.1) is 0 Å². The lowest BCUT2D eigenvalue weighted by molar-refractivity contribution is 0.385. The minimum Gasteiger partial charge on any atom is -0.511 e. The van der Waals surface area contributed by atoms with E-state index in [1.807, 2.05) is 0 Å². The summed E-state index contributed by atoms with van der Waals surface area (Å²) in [7, 11) is 0. The molecule has 1 aliphatic heterocycles. The predicted molar refractivity (Wildman–Crippen MR) is 38.9 cm³/mol. The van der Waals surface area contributed by atoms with Gasteiger partial charge in [-0.1, -0.05) is 0 Å². The Morgan fingerprint density at radius 2 is 2.33 bits per heavy atom. The largest absolute Gasteiger partial charge is 0.511 e. The molecule has 3 nitrogen and oxygen atoms in total. The van der Waals surface area contributed by atoms with E-state index in [0.29, 0.717) is 12.3 Å². The molecule has 0 fully saturated rings. The average molecular weight is 191 g/mol. The van der Waals surface area contributed by atoms with E-state index >= 15 is 0 Å². The molecule has 0 aromatic heterocycles. The van der Waals surface area contributed by atoms with E-state index in [0.717, 1.165) is 4.61 Å². The summed E-state index contributed by atoms with van der Waals surface area (Å²) >= 11 is 3.20. The van der Waals surface area contributed by atoms with Crippen LogP contribution in [0.3, 0.4) is 0 Å². The van der Waals surface area contributed by atoms with E-state index in [4.69, 9.17) is 5.11 Å². The minimum atomic E-state index is 0.317. The lowest BCUT2D eigenvalue weighted by Crippen LogP contribution is -2.29. The highest BCUT2D eigenvalue weighted by Crippen LogP contribution is 2.01. The van der Waals surface area contributed by atoms with Crippen molar-refractivity contribution in [2.75, 3.05) is 6.54 Å². The molecule has 3 N–H and O–H groups in total. The third-order valence-electron chi connectivity index (χ3n) is 0.899. The van der Waals surface area contributed by atoms with Crippen LogP contribution in [0.5, 0.6) is 0 Å². The molecule has 0 atom stereocenters. The van der Waals surface area contributed by atoms with Crippen molar-refractivity contribution in [3.05, 3.63) is 22.5 Å². The van der Waals surface area contributed by atoms with E-state index in [1.54, 1.807) is 12.2 Å². The Bertz CT molecular complexity index is 146. The number of allylic oxidation sites excluding steroid dienone is 2. The van der Waals surface area contributed by atoms with E-state index < -0.39 is 0 Å². The number of nitrogens with one attached hydrogen (secondary N) is 2. The maximum Gasteiger partial charge on any atom is 0.108 e. The summed E-state index contributed by atoms with van der Waals surface area (Å²) in [5, 5.41) is 8.90. The lowest BCUT2D eigenvalue weighted by Gasteiger charge is -2.01. The fourth-order valence-electron chi connectivity index (χ4n) is 0.489. The normalized spacial score (nSPS) is 19.2. The number of aliphatic hydroxyl groups excluding tert-OH is 1. The van der Waals surface area contributed by atoms with Gasteiger partial charge in [-0.05, 0) is 28.1 Å². The van der Waals surface area contributed by atoms with Gasteiger partial charge < -0.3 is 10.5 Å². The number of aliphatic hydroxyl groups is 1. The number of halogens is 1. The summed E-state index contributed by atoms with van der Waals surface area (Å²) in [6.45, 7) is 0.450.